The van der Waals surface area contributed by atoms with Crippen LogP contribution in [0.5, 0.6) is 0 Å². The molecule has 5 nitrogen and oxygen atoms in total. The molecule has 2 heterocycles. The molecular weight excluding hydrogens is 349 g/mol. The molecule has 7 heteroatoms. The van der Waals surface area contributed by atoms with Crippen molar-refractivity contribution in [1.82, 2.24) is 10.2 Å². The third-order valence-corrected chi connectivity index (χ3v) is 5.56. The zero-order valence-electron chi connectivity index (χ0n) is 13.6. The van der Waals surface area contributed by atoms with Crippen molar-refractivity contribution >= 4 is 40.7 Å². The normalized spacial score (nSPS) is 24.0. The van der Waals surface area contributed by atoms with Crippen LogP contribution in [0.2, 0.25) is 10.0 Å². The Morgan fingerprint density at radius 1 is 1.25 bits per heavy atom. The van der Waals surface area contributed by atoms with E-state index < -0.39 is 5.92 Å². The summed E-state index contributed by atoms with van der Waals surface area (Å²) >= 11 is 12.0. The Labute approximate surface area is 151 Å². The third kappa shape index (κ3) is 3.25. The smallest absolute Gasteiger partial charge is 0.239 e. The molecule has 1 aromatic carbocycles. The standard InChI is InChI=1S/C17H21Cl2N3O2/c1-20-10-12-3-2-7-21(12)16(23)13-6-8-22(17(13)24)11-4-5-14(18)15(19)9-11/h4-5,9,12-13,20H,2-3,6-8,10H2,1H3. The van der Waals surface area contributed by atoms with Gasteiger partial charge in [0.1, 0.15) is 5.92 Å². The average Bonchev–Trinajstić information content (AvgIpc) is 3.17. The van der Waals surface area contributed by atoms with E-state index in [1.807, 2.05) is 11.9 Å². The van der Waals surface area contributed by atoms with Crippen LogP contribution in [0, 0.1) is 5.92 Å². The van der Waals surface area contributed by atoms with E-state index in [4.69, 9.17) is 23.2 Å². The summed E-state index contributed by atoms with van der Waals surface area (Å²) < 4.78 is 0. The number of carbonyl (C=O) groups excluding carboxylic acids is 2. The highest BCUT2D eigenvalue weighted by atomic mass is 35.5. The summed E-state index contributed by atoms with van der Waals surface area (Å²) in [5, 5.41) is 3.98. The quantitative estimate of drug-likeness (QED) is 0.829. The molecule has 1 N–H and O–H groups in total. The van der Waals surface area contributed by atoms with Crippen LogP contribution in [-0.2, 0) is 9.59 Å². The maximum Gasteiger partial charge on any atom is 0.239 e. The van der Waals surface area contributed by atoms with E-state index in [0.717, 1.165) is 25.9 Å². The van der Waals surface area contributed by atoms with Gasteiger partial charge in [0.2, 0.25) is 11.8 Å². The summed E-state index contributed by atoms with van der Waals surface area (Å²) in [6.45, 7) is 2.03. The number of likely N-dealkylation sites (N-methyl/N-ethyl adjacent to an activating group) is 1. The minimum Gasteiger partial charge on any atom is -0.338 e. The Bertz CT molecular complexity index is 653. The molecule has 3 rings (SSSR count). The largest absolute Gasteiger partial charge is 0.338 e. The Hall–Kier alpha value is -1.30. The van der Waals surface area contributed by atoms with Crippen LogP contribution in [0.1, 0.15) is 19.3 Å². The molecule has 0 bridgehead atoms. The maximum absolute atomic E-state index is 12.8. The van der Waals surface area contributed by atoms with E-state index in [1.165, 1.54) is 0 Å². The zero-order chi connectivity index (χ0) is 17.3. The second kappa shape index (κ2) is 7.30. The van der Waals surface area contributed by atoms with Crippen molar-refractivity contribution < 1.29 is 9.59 Å². The Kier molecular flexibility index (Phi) is 5.33. The van der Waals surface area contributed by atoms with Crippen LogP contribution in [0.15, 0.2) is 18.2 Å². The maximum atomic E-state index is 12.8. The number of nitrogens with one attached hydrogen (secondary N) is 1. The topological polar surface area (TPSA) is 52.7 Å². The number of carbonyl (C=O) groups is 2. The summed E-state index contributed by atoms with van der Waals surface area (Å²) in [6.07, 6.45) is 2.53. The van der Waals surface area contributed by atoms with E-state index in [1.54, 1.807) is 23.1 Å². The number of amides is 2. The fourth-order valence-corrected chi connectivity index (χ4v) is 3.88. The minimum atomic E-state index is -0.586. The Balaban J connectivity index is 1.73. The van der Waals surface area contributed by atoms with Crippen molar-refractivity contribution in [2.45, 2.75) is 25.3 Å². The summed E-state index contributed by atoms with van der Waals surface area (Å²) in [4.78, 5) is 29.1. The SMILES string of the molecule is CNCC1CCCN1C(=O)C1CCN(c2ccc(Cl)c(Cl)c2)C1=O. The van der Waals surface area contributed by atoms with Crippen LogP contribution in [0.3, 0.4) is 0 Å². The van der Waals surface area contributed by atoms with E-state index in [0.29, 0.717) is 28.7 Å². The first-order valence-corrected chi connectivity index (χ1v) is 9.00. The van der Waals surface area contributed by atoms with Gasteiger partial charge < -0.3 is 15.1 Å². The van der Waals surface area contributed by atoms with Crippen molar-refractivity contribution in [3.05, 3.63) is 28.2 Å². The number of halogens is 2. The predicted octanol–water partition coefficient (Wildman–Crippen LogP) is 2.56. The lowest BCUT2D eigenvalue weighted by Gasteiger charge is -2.27. The van der Waals surface area contributed by atoms with Gasteiger partial charge in [0.05, 0.1) is 10.0 Å². The fourth-order valence-electron chi connectivity index (χ4n) is 3.59. The molecule has 0 radical (unpaired) electrons. The van der Waals surface area contributed by atoms with Crippen LogP contribution < -0.4 is 10.2 Å². The molecule has 24 heavy (non-hydrogen) atoms. The summed E-state index contributed by atoms with van der Waals surface area (Å²) in [5.74, 6) is -0.772. The molecule has 2 atom stereocenters. The third-order valence-electron chi connectivity index (χ3n) is 4.82. The highest BCUT2D eigenvalue weighted by Gasteiger charge is 2.42. The minimum absolute atomic E-state index is 0.0414. The number of benzene rings is 1. The first-order chi connectivity index (χ1) is 11.5. The molecule has 130 valence electrons. The monoisotopic (exact) mass is 369 g/mol. The van der Waals surface area contributed by atoms with Crippen molar-refractivity contribution in [2.24, 2.45) is 5.92 Å². The molecule has 2 amide bonds. The first-order valence-electron chi connectivity index (χ1n) is 8.24. The molecule has 2 aliphatic rings. The van der Waals surface area contributed by atoms with Gasteiger partial charge >= 0.3 is 0 Å². The number of rotatable bonds is 4. The van der Waals surface area contributed by atoms with Gasteiger partial charge in [-0.05, 0) is 44.5 Å². The van der Waals surface area contributed by atoms with Gasteiger partial charge in [-0.1, -0.05) is 23.2 Å². The number of hydrogen-bond donors (Lipinski definition) is 1. The molecule has 2 aliphatic heterocycles. The molecular formula is C17H21Cl2N3O2. The fraction of sp³-hybridized carbons (Fsp3) is 0.529. The first kappa shape index (κ1) is 17.5. The number of likely N-dealkylation sites (tertiary alicyclic amines) is 1. The predicted molar refractivity (Wildman–Crippen MR) is 95.6 cm³/mol. The molecule has 0 spiro atoms. The van der Waals surface area contributed by atoms with Crippen LogP contribution in [0.25, 0.3) is 0 Å². The molecule has 2 saturated heterocycles. The summed E-state index contributed by atoms with van der Waals surface area (Å²) in [5.41, 5.74) is 0.692. The van der Waals surface area contributed by atoms with E-state index in [-0.39, 0.29) is 17.9 Å². The lowest BCUT2D eigenvalue weighted by Crippen LogP contribution is -2.45. The van der Waals surface area contributed by atoms with E-state index in [9.17, 15) is 9.59 Å². The van der Waals surface area contributed by atoms with Crippen LogP contribution in [-0.4, -0.2) is 49.4 Å². The molecule has 1 aromatic rings. The van der Waals surface area contributed by atoms with Gasteiger partial charge in [-0.25, -0.2) is 0 Å². The lowest BCUT2D eigenvalue weighted by atomic mass is 10.1. The lowest BCUT2D eigenvalue weighted by molar-refractivity contribution is -0.140. The van der Waals surface area contributed by atoms with E-state index >= 15 is 0 Å². The van der Waals surface area contributed by atoms with Crippen molar-refractivity contribution in [2.75, 3.05) is 31.6 Å². The average molecular weight is 370 g/mol. The molecule has 0 saturated carbocycles. The zero-order valence-corrected chi connectivity index (χ0v) is 15.1. The Morgan fingerprint density at radius 2 is 2.04 bits per heavy atom. The number of anilines is 1. The van der Waals surface area contributed by atoms with E-state index in [2.05, 4.69) is 5.32 Å². The van der Waals surface area contributed by atoms with Gasteiger partial charge in [0.25, 0.3) is 0 Å². The van der Waals surface area contributed by atoms with Crippen molar-refractivity contribution in [1.29, 1.82) is 0 Å². The van der Waals surface area contributed by atoms with Crippen molar-refractivity contribution in [3.63, 3.8) is 0 Å². The van der Waals surface area contributed by atoms with Crippen LogP contribution in [0.4, 0.5) is 5.69 Å². The molecule has 0 aliphatic carbocycles. The van der Waals surface area contributed by atoms with Crippen LogP contribution >= 0.6 is 23.2 Å². The number of nitrogens with zero attached hydrogens (tertiary/aromatic N) is 2. The highest BCUT2D eigenvalue weighted by Crippen LogP contribution is 2.32. The highest BCUT2D eigenvalue weighted by molar-refractivity contribution is 6.42. The number of hydrogen-bond acceptors (Lipinski definition) is 3. The summed E-state index contributed by atoms with van der Waals surface area (Å²) in [7, 11) is 1.88. The molecule has 0 aromatic heterocycles. The second-order valence-electron chi connectivity index (χ2n) is 6.31. The van der Waals surface area contributed by atoms with Gasteiger partial charge in [-0.3, -0.25) is 9.59 Å². The van der Waals surface area contributed by atoms with Gasteiger partial charge in [0, 0.05) is 31.4 Å². The second-order valence-corrected chi connectivity index (χ2v) is 7.13. The van der Waals surface area contributed by atoms with Crippen molar-refractivity contribution in [3.8, 4) is 0 Å². The van der Waals surface area contributed by atoms with Gasteiger partial charge in [-0.15, -0.1) is 0 Å². The van der Waals surface area contributed by atoms with Gasteiger partial charge in [-0.2, -0.15) is 0 Å². The van der Waals surface area contributed by atoms with Gasteiger partial charge in [0.15, 0.2) is 0 Å². The molecule has 2 fully saturated rings. The summed E-state index contributed by atoms with van der Waals surface area (Å²) in [6, 6.07) is 5.30. The molecule has 2 unspecified atom stereocenters. The Morgan fingerprint density at radius 3 is 2.75 bits per heavy atom.